The maximum absolute atomic E-state index is 5.48. The summed E-state index contributed by atoms with van der Waals surface area (Å²) in [4.78, 5) is 0. The van der Waals surface area contributed by atoms with Gasteiger partial charge in [-0.15, -0.1) is 0 Å². The molecule has 0 radical (unpaired) electrons. The van der Waals surface area contributed by atoms with Crippen molar-refractivity contribution in [3.63, 3.8) is 0 Å². The molecule has 1 rings (SSSR count). The second kappa shape index (κ2) is 6.45. The summed E-state index contributed by atoms with van der Waals surface area (Å²) in [5, 5.41) is 3.31. The normalized spacial score (nSPS) is 12.1. The van der Waals surface area contributed by atoms with Crippen molar-refractivity contribution in [3.8, 4) is 0 Å². The van der Waals surface area contributed by atoms with Crippen LogP contribution in [0.25, 0.3) is 0 Å². The lowest BCUT2D eigenvalue weighted by Crippen LogP contribution is -2.35. The average molecular weight is 238 g/mol. The molecular formula is C12H18N2OS. The Kier molecular flexibility index (Phi) is 5.22. The number of ether oxygens (including phenoxy) is 1. The summed E-state index contributed by atoms with van der Waals surface area (Å²) in [5.41, 5.74) is 7.93. The predicted octanol–water partition coefficient (Wildman–Crippen LogP) is 1.77. The maximum Gasteiger partial charge on any atom is 0.164 e. The molecule has 1 aromatic rings. The Hall–Kier alpha value is -1.13. The SMILES string of the molecule is CCc1ccc([C@H](COC)NC(N)=S)cc1. The first kappa shape index (κ1) is 12.9. The molecule has 88 valence electrons. The van der Waals surface area contributed by atoms with Gasteiger partial charge in [0.05, 0.1) is 12.6 Å². The molecule has 0 aliphatic rings. The zero-order chi connectivity index (χ0) is 12.0. The van der Waals surface area contributed by atoms with Gasteiger partial charge in [0, 0.05) is 7.11 Å². The van der Waals surface area contributed by atoms with Crippen LogP contribution in [0.5, 0.6) is 0 Å². The summed E-state index contributed by atoms with van der Waals surface area (Å²) in [7, 11) is 1.66. The highest BCUT2D eigenvalue weighted by molar-refractivity contribution is 7.80. The van der Waals surface area contributed by atoms with Crippen LogP contribution < -0.4 is 11.1 Å². The largest absolute Gasteiger partial charge is 0.382 e. The molecule has 0 aliphatic heterocycles. The monoisotopic (exact) mass is 238 g/mol. The number of hydrogen-bond acceptors (Lipinski definition) is 2. The Labute approximate surface area is 102 Å². The van der Waals surface area contributed by atoms with Crippen LogP contribution in [-0.2, 0) is 11.2 Å². The molecule has 0 spiro atoms. The molecule has 0 bridgehead atoms. The third kappa shape index (κ3) is 3.79. The summed E-state index contributed by atoms with van der Waals surface area (Å²) < 4.78 is 5.14. The molecule has 0 unspecified atom stereocenters. The van der Waals surface area contributed by atoms with E-state index in [2.05, 4.69) is 36.5 Å². The summed E-state index contributed by atoms with van der Waals surface area (Å²) in [6.45, 7) is 2.68. The smallest absolute Gasteiger partial charge is 0.164 e. The van der Waals surface area contributed by atoms with Gasteiger partial charge in [0.15, 0.2) is 5.11 Å². The fraction of sp³-hybridized carbons (Fsp3) is 0.417. The van der Waals surface area contributed by atoms with E-state index in [1.807, 2.05) is 0 Å². The molecule has 0 aromatic heterocycles. The van der Waals surface area contributed by atoms with E-state index in [0.29, 0.717) is 11.7 Å². The Morgan fingerprint density at radius 2 is 2.06 bits per heavy atom. The molecule has 0 saturated carbocycles. The van der Waals surface area contributed by atoms with Crippen LogP contribution in [0.3, 0.4) is 0 Å². The summed E-state index contributed by atoms with van der Waals surface area (Å²) >= 11 is 4.85. The Morgan fingerprint density at radius 1 is 1.44 bits per heavy atom. The van der Waals surface area contributed by atoms with Crippen molar-refractivity contribution in [2.24, 2.45) is 5.73 Å². The van der Waals surface area contributed by atoms with Gasteiger partial charge in [-0.05, 0) is 29.8 Å². The van der Waals surface area contributed by atoms with Crippen molar-refractivity contribution in [1.82, 2.24) is 5.32 Å². The van der Waals surface area contributed by atoms with Crippen LogP contribution >= 0.6 is 12.2 Å². The molecular weight excluding hydrogens is 220 g/mol. The van der Waals surface area contributed by atoms with E-state index in [0.717, 1.165) is 12.0 Å². The summed E-state index contributed by atoms with van der Waals surface area (Å²) in [6.07, 6.45) is 1.04. The molecule has 1 aromatic carbocycles. The number of thiocarbonyl (C=S) groups is 1. The van der Waals surface area contributed by atoms with Gasteiger partial charge < -0.3 is 15.8 Å². The topological polar surface area (TPSA) is 47.3 Å². The molecule has 0 heterocycles. The van der Waals surface area contributed by atoms with Crippen molar-refractivity contribution in [3.05, 3.63) is 35.4 Å². The Bertz CT molecular complexity index is 337. The lowest BCUT2D eigenvalue weighted by atomic mass is 10.0. The lowest BCUT2D eigenvalue weighted by Gasteiger charge is -2.18. The quantitative estimate of drug-likeness (QED) is 0.768. The van der Waals surface area contributed by atoms with E-state index in [9.17, 15) is 0 Å². The summed E-state index contributed by atoms with van der Waals surface area (Å²) in [5.74, 6) is 0. The number of benzene rings is 1. The first-order valence-corrected chi connectivity index (χ1v) is 5.72. The van der Waals surface area contributed by atoms with Gasteiger partial charge in [0.1, 0.15) is 0 Å². The fourth-order valence-corrected chi connectivity index (χ4v) is 1.69. The van der Waals surface area contributed by atoms with Gasteiger partial charge >= 0.3 is 0 Å². The van der Waals surface area contributed by atoms with E-state index in [1.165, 1.54) is 5.56 Å². The van der Waals surface area contributed by atoms with E-state index in [1.54, 1.807) is 7.11 Å². The number of methoxy groups -OCH3 is 1. The van der Waals surface area contributed by atoms with Gasteiger partial charge in [-0.3, -0.25) is 0 Å². The third-order valence-corrected chi connectivity index (χ3v) is 2.56. The van der Waals surface area contributed by atoms with Gasteiger partial charge in [-0.25, -0.2) is 0 Å². The zero-order valence-electron chi connectivity index (χ0n) is 9.69. The van der Waals surface area contributed by atoms with Crippen molar-refractivity contribution in [2.45, 2.75) is 19.4 Å². The fourth-order valence-electron chi connectivity index (χ4n) is 1.55. The Morgan fingerprint density at radius 3 is 2.50 bits per heavy atom. The molecule has 0 amide bonds. The minimum absolute atomic E-state index is 0.0217. The molecule has 0 saturated heterocycles. The third-order valence-electron chi connectivity index (χ3n) is 2.44. The number of hydrogen-bond donors (Lipinski definition) is 2. The second-order valence-corrected chi connectivity index (χ2v) is 4.05. The Balaban J connectivity index is 2.79. The number of nitrogens with one attached hydrogen (secondary N) is 1. The molecule has 0 aliphatic carbocycles. The van der Waals surface area contributed by atoms with E-state index in [-0.39, 0.29) is 6.04 Å². The molecule has 3 nitrogen and oxygen atoms in total. The first-order chi connectivity index (χ1) is 7.67. The van der Waals surface area contributed by atoms with Crippen LogP contribution in [0.4, 0.5) is 0 Å². The van der Waals surface area contributed by atoms with Gasteiger partial charge in [0.2, 0.25) is 0 Å². The minimum Gasteiger partial charge on any atom is -0.382 e. The molecule has 1 atom stereocenters. The average Bonchev–Trinajstić information content (AvgIpc) is 2.28. The van der Waals surface area contributed by atoms with Crippen LogP contribution in [0, 0.1) is 0 Å². The highest BCUT2D eigenvalue weighted by Gasteiger charge is 2.10. The minimum atomic E-state index is 0.0217. The van der Waals surface area contributed by atoms with E-state index < -0.39 is 0 Å². The van der Waals surface area contributed by atoms with Gasteiger partial charge in [-0.1, -0.05) is 31.2 Å². The van der Waals surface area contributed by atoms with Crippen molar-refractivity contribution in [1.29, 1.82) is 0 Å². The van der Waals surface area contributed by atoms with Gasteiger partial charge in [-0.2, -0.15) is 0 Å². The molecule has 0 fully saturated rings. The van der Waals surface area contributed by atoms with Crippen molar-refractivity contribution < 1.29 is 4.74 Å². The van der Waals surface area contributed by atoms with E-state index >= 15 is 0 Å². The van der Waals surface area contributed by atoms with Gasteiger partial charge in [0.25, 0.3) is 0 Å². The standard InChI is InChI=1S/C12H18N2OS/c1-3-9-4-6-10(7-5-9)11(8-15-2)14-12(13)16/h4-7,11H,3,8H2,1-2H3,(H3,13,14,16)/t11-/m0/s1. The number of aryl methyl sites for hydroxylation is 1. The van der Waals surface area contributed by atoms with Crippen LogP contribution in [-0.4, -0.2) is 18.8 Å². The lowest BCUT2D eigenvalue weighted by molar-refractivity contribution is 0.174. The van der Waals surface area contributed by atoms with Crippen LogP contribution in [0.1, 0.15) is 24.1 Å². The predicted molar refractivity (Wildman–Crippen MR) is 70.4 cm³/mol. The highest BCUT2D eigenvalue weighted by atomic mass is 32.1. The van der Waals surface area contributed by atoms with Crippen LogP contribution in [0.2, 0.25) is 0 Å². The maximum atomic E-state index is 5.48. The molecule has 16 heavy (non-hydrogen) atoms. The van der Waals surface area contributed by atoms with Crippen LogP contribution in [0.15, 0.2) is 24.3 Å². The number of rotatable bonds is 5. The zero-order valence-corrected chi connectivity index (χ0v) is 10.5. The summed E-state index contributed by atoms with van der Waals surface area (Å²) in [6, 6.07) is 8.40. The molecule has 3 N–H and O–H groups in total. The van der Waals surface area contributed by atoms with E-state index in [4.69, 9.17) is 22.7 Å². The van der Waals surface area contributed by atoms with Crippen molar-refractivity contribution in [2.75, 3.05) is 13.7 Å². The molecule has 4 heteroatoms. The second-order valence-electron chi connectivity index (χ2n) is 3.61. The van der Waals surface area contributed by atoms with Crippen molar-refractivity contribution >= 4 is 17.3 Å². The number of nitrogens with two attached hydrogens (primary N) is 1. The first-order valence-electron chi connectivity index (χ1n) is 5.31. The highest BCUT2D eigenvalue weighted by Crippen LogP contribution is 2.14.